The Morgan fingerprint density at radius 2 is 1.90 bits per heavy atom. The van der Waals surface area contributed by atoms with Crippen LogP contribution in [-0.2, 0) is 4.79 Å². The zero-order valence-electron chi connectivity index (χ0n) is 11.5. The van der Waals surface area contributed by atoms with Gasteiger partial charge < -0.3 is 19.3 Å². The lowest BCUT2D eigenvalue weighted by Gasteiger charge is -2.31. The van der Waals surface area contributed by atoms with Crippen LogP contribution in [0.1, 0.15) is 5.56 Å². The SMILES string of the molecule is CN1CCN(C(=O)C=Cc2ccc3c(c2)OCO3)CC1. The molecule has 1 aromatic carbocycles. The topological polar surface area (TPSA) is 42.0 Å². The number of rotatable bonds is 2. The Hall–Kier alpha value is -2.01. The van der Waals surface area contributed by atoms with Gasteiger partial charge >= 0.3 is 0 Å². The zero-order valence-corrected chi connectivity index (χ0v) is 11.5. The van der Waals surface area contributed by atoms with Gasteiger partial charge in [-0.25, -0.2) is 0 Å². The average molecular weight is 274 g/mol. The van der Waals surface area contributed by atoms with Crippen molar-refractivity contribution >= 4 is 12.0 Å². The van der Waals surface area contributed by atoms with Crippen molar-refractivity contribution < 1.29 is 14.3 Å². The van der Waals surface area contributed by atoms with Gasteiger partial charge in [-0.2, -0.15) is 0 Å². The standard InChI is InChI=1S/C15H18N2O3/c1-16-6-8-17(9-7-16)15(18)5-3-12-2-4-13-14(10-12)20-11-19-13/h2-5,10H,6-9,11H2,1H3. The number of nitrogens with zero attached hydrogens (tertiary/aromatic N) is 2. The first-order valence-corrected chi connectivity index (χ1v) is 6.77. The van der Waals surface area contributed by atoms with Crippen LogP contribution < -0.4 is 9.47 Å². The Morgan fingerprint density at radius 1 is 1.15 bits per heavy atom. The summed E-state index contributed by atoms with van der Waals surface area (Å²) in [6.07, 6.45) is 3.45. The molecule has 0 atom stereocenters. The number of amides is 1. The maximum absolute atomic E-state index is 12.1. The Balaban J connectivity index is 1.63. The van der Waals surface area contributed by atoms with E-state index >= 15 is 0 Å². The van der Waals surface area contributed by atoms with E-state index in [9.17, 15) is 4.79 Å². The van der Waals surface area contributed by atoms with Crippen LogP contribution in [0.25, 0.3) is 6.08 Å². The minimum atomic E-state index is 0.0655. The highest BCUT2D eigenvalue weighted by Crippen LogP contribution is 2.32. The molecule has 1 saturated heterocycles. The fraction of sp³-hybridized carbons (Fsp3) is 0.400. The molecule has 0 unspecified atom stereocenters. The third kappa shape index (κ3) is 2.77. The van der Waals surface area contributed by atoms with Crippen molar-refractivity contribution in [1.29, 1.82) is 0 Å². The molecule has 1 fully saturated rings. The van der Waals surface area contributed by atoms with Gasteiger partial charge in [-0.1, -0.05) is 6.07 Å². The summed E-state index contributed by atoms with van der Waals surface area (Å²) in [4.78, 5) is 16.2. The molecule has 0 radical (unpaired) electrons. The number of fused-ring (bicyclic) bond motifs is 1. The predicted molar refractivity (Wildman–Crippen MR) is 75.7 cm³/mol. The van der Waals surface area contributed by atoms with Crippen LogP contribution in [0.4, 0.5) is 0 Å². The second-order valence-electron chi connectivity index (χ2n) is 5.07. The molecule has 0 spiro atoms. The zero-order chi connectivity index (χ0) is 13.9. The van der Waals surface area contributed by atoms with E-state index in [-0.39, 0.29) is 12.7 Å². The number of benzene rings is 1. The summed E-state index contributed by atoms with van der Waals surface area (Å²) in [7, 11) is 2.07. The fourth-order valence-corrected chi connectivity index (χ4v) is 2.32. The second kappa shape index (κ2) is 5.54. The highest BCUT2D eigenvalue weighted by atomic mass is 16.7. The Bertz CT molecular complexity index is 534. The fourth-order valence-electron chi connectivity index (χ4n) is 2.32. The van der Waals surface area contributed by atoms with Gasteiger partial charge in [-0.3, -0.25) is 4.79 Å². The highest BCUT2D eigenvalue weighted by molar-refractivity contribution is 5.92. The molecule has 0 N–H and O–H groups in total. The van der Waals surface area contributed by atoms with E-state index < -0.39 is 0 Å². The smallest absolute Gasteiger partial charge is 0.246 e. The third-order valence-electron chi connectivity index (χ3n) is 3.63. The average Bonchev–Trinajstić information content (AvgIpc) is 2.93. The summed E-state index contributed by atoms with van der Waals surface area (Å²) in [5, 5.41) is 0. The number of carbonyl (C=O) groups excluding carboxylic acids is 1. The van der Waals surface area contributed by atoms with Gasteiger partial charge in [-0.05, 0) is 30.8 Å². The molecule has 0 aromatic heterocycles. The lowest BCUT2D eigenvalue weighted by Crippen LogP contribution is -2.46. The van der Waals surface area contributed by atoms with Crippen molar-refractivity contribution in [2.75, 3.05) is 40.0 Å². The summed E-state index contributed by atoms with van der Waals surface area (Å²) >= 11 is 0. The summed E-state index contributed by atoms with van der Waals surface area (Å²) < 4.78 is 10.6. The van der Waals surface area contributed by atoms with E-state index in [0.717, 1.165) is 43.2 Å². The maximum Gasteiger partial charge on any atom is 0.246 e. The molecule has 0 saturated carbocycles. The minimum Gasteiger partial charge on any atom is -0.454 e. The van der Waals surface area contributed by atoms with E-state index in [2.05, 4.69) is 11.9 Å². The monoisotopic (exact) mass is 274 g/mol. The van der Waals surface area contributed by atoms with Crippen LogP contribution in [0.5, 0.6) is 11.5 Å². The van der Waals surface area contributed by atoms with Crippen LogP contribution in [0.15, 0.2) is 24.3 Å². The molecule has 5 heteroatoms. The molecule has 5 nitrogen and oxygen atoms in total. The Morgan fingerprint density at radius 3 is 2.70 bits per heavy atom. The summed E-state index contributed by atoms with van der Waals surface area (Å²) in [5.41, 5.74) is 0.941. The van der Waals surface area contributed by atoms with Crippen LogP contribution in [0.3, 0.4) is 0 Å². The van der Waals surface area contributed by atoms with Crippen LogP contribution >= 0.6 is 0 Å². The van der Waals surface area contributed by atoms with E-state index in [1.807, 2.05) is 29.2 Å². The molecule has 1 amide bonds. The van der Waals surface area contributed by atoms with E-state index in [1.165, 1.54) is 0 Å². The second-order valence-corrected chi connectivity index (χ2v) is 5.07. The number of hydrogen-bond acceptors (Lipinski definition) is 4. The van der Waals surface area contributed by atoms with Gasteiger partial charge in [0.1, 0.15) is 0 Å². The predicted octanol–water partition coefficient (Wildman–Crippen LogP) is 1.20. The van der Waals surface area contributed by atoms with Gasteiger partial charge in [0.15, 0.2) is 11.5 Å². The van der Waals surface area contributed by atoms with Gasteiger partial charge in [0, 0.05) is 32.3 Å². The van der Waals surface area contributed by atoms with E-state index in [4.69, 9.17) is 9.47 Å². The van der Waals surface area contributed by atoms with Crippen LogP contribution in [0, 0.1) is 0 Å². The van der Waals surface area contributed by atoms with Crippen molar-refractivity contribution in [1.82, 2.24) is 9.80 Å². The number of hydrogen-bond donors (Lipinski definition) is 0. The lowest BCUT2D eigenvalue weighted by atomic mass is 10.2. The van der Waals surface area contributed by atoms with Crippen molar-refractivity contribution in [2.45, 2.75) is 0 Å². The molecule has 20 heavy (non-hydrogen) atoms. The first-order chi connectivity index (χ1) is 9.72. The molecule has 2 aliphatic heterocycles. The molecule has 0 aliphatic carbocycles. The maximum atomic E-state index is 12.1. The van der Waals surface area contributed by atoms with Gasteiger partial charge in [0.05, 0.1) is 0 Å². The highest BCUT2D eigenvalue weighted by Gasteiger charge is 2.17. The van der Waals surface area contributed by atoms with Gasteiger partial charge in [0.2, 0.25) is 12.7 Å². The molecule has 106 valence electrons. The van der Waals surface area contributed by atoms with Crippen LogP contribution in [-0.4, -0.2) is 55.7 Å². The molecule has 2 aliphatic rings. The first kappa shape index (κ1) is 13.0. The minimum absolute atomic E-state index is 0.0655. The molecule has 3 rings (SSSR count). The van der Waals surface area contributed by atoms with Gasteiger partial charge in [0.25, 0.3) is 0 Å². The van der Waals surface area contributed by atoms with E-state index in [0.29, 0.717) is 0 Å². The molecule has 0 bridgehead atoms. The summed E-state index contributed by atoms with van der Waals surface area (Å²) in [6.45, 7) is 3.72. The first-order valence-electron chi connectivity index (χ1n) is 6.77. The number of ether oxygens (including phenoxy) is 2. The number of piperazine rings is 1. The normalized spacial score (nSPS) is 18.8. The molecule has 2 heterocycles. The Kier molecular flexibility index (Phi) is 3.60. The molecule has 1 aromatic rings. The number of likely N-dealkylation sites (N-methyl/N-ethyl adjacent to an activating group) is 1. The largest absolute Gasteiger partial charge is 0.454 e. The Labute approximate surface area is 118 Å². The lowest BCUT2D eigenvalue weighted by molar-refractivity contribution is -0.127. The van der Waals surface area contributed by atoms with Crippen molar-refractivity contribution in [3.63, 3.8) is 0 Å². The summed E-state index contributed by atoms with van der Waals surface area (Å²) in [6, 6.07) is 5.67. The number of carbonyl (C=O) groups is 1. The molecular formula is C15H18N2O3. The quantitative estimate of drug-likeness (QED) is 0.760. The van der Waals surface area contributed by atoms with Crippen molar-refractivity contribution in [2.24, 2.45) is 0 Å². The van der Waals surface area contributed by atoms with Crippen molar-refractivity contribution in [3.05, 3.63) is 29.8 Å². The third-order valence-corrected chi connectivity index (χ3v) is 3.63. The van der Waals surface area contributed by atoms with Crippen LogP contribution in [0.2, 0.25) is 0 Å². The molecular weight excluding hydrogens is 256 g/mol. The summed E-state index contributed by atoms with van der Waals surface area (Å²) in [5.74, 6) is 1.56. The van der Waals surface area contributed by atoms with Crippen molar-refractivity contribution in [3.8, 4) is 11.5 Å². The van der Waals surface area contributed by atoms with E-state index in [1.54, 1.807) is 6.08 Å². The van der Waals surface area contributed by atoms with Gasteiger partial charge in [-0.15, -0.1) is 0 Å².